The molecule has 0 amide bonds. The zero-order valence-corrected chi connectivity index (χ0v) is 10.2. The van der Waals surface area contributed by atoms with Crippen LogP contribution in [0.4, 0.5) is 0 Å². The Morgan fingerprint density at radius 3 is 2.73 bits per heavy atom. The second-order valence-electron chi connectivity index (χ2n) is 5.69. The van der Waals surface area contributed by atoms with Gasteiger partial charge in [-0.1, -0.05) is 26.7 Å². The van der Waals surface area contributed by atoms with Crippen LogP contribution in [0.2, 0.25) is 0 Å². The Morgan fingerprint density at radius 2 is 2.27 bits per heavy atom. The number of nitrogens with two attached hydrogens (primary N) is 1. The summed E-state index contributed by atoms with van der Waals surface area (Å²) in [7, 11) is 0. The fourth-order valence-corrected chi connectivity index (χ4v) is 3.69. The van der Waals surface area contributed by atoms with Crippen molar-refractivity contribution in [3.63, 3.8) is 0 Å². The van der Waals surface area contributed by atoms with Crippen LogP contribution >= 0.6 is 0 Å². The lowest BCUT2D eigenvalue weighted by Gasteiger charge is -2.36. The molecule has 2 N–H and O–H groups in total. The van der Waals surface area contributed by atoms with Crippen molar-refractivity contribution in [1.82, 2.24) is 0 Å². The van der Waals surface area contributed by atoms with E-state index in [1.165, 1.54) is 38.5 Å². The summed E-state index contributed by atoms with van der Waals surface area (Å²) < 4.78 is 5.98. The van der Waals surface area contributed by atoms with Gasteiger partial charge in [0, 0.05) is 12.0 Å². The summed E-state index contributed by atoms with van der Waals surface area (Å²) in [6, 6.07) is 0. The minimum Gasteiger partial charge on any atom is -0.374 e. The average Bonchev–Trinajstić information content (AvgIpc) is 2.78. The maximum Gasteiger partial charge on any atom is 0.0649 e. The first kappa shape index (κ1) is 11.4. The highest BCUT2D eigenvalue weighted by Crippen LogP contribution is 2.50. The molecule has 0 aliphatic carbocycles. The van der Waals surface area contributed by atoms with Crippen LogP contribution in [-0.4, -0.2) is 18.8 Å². The molecule has 2 heterocycles. The Balaban J connectivity index is 1.97. The van der Waals surface area contributed by atoms with E-state index in [4.69, 9.17) is 10.5 Å². The topological polar surface area (TPSA) is 35.2 Å². The molecule has 4 unspecified atom stereocenters. The Hall–Kier alpha value is -0.0800. The molecular weight excluding hydrogens is 186 g/mol. The number of ether oxygens (including phenoxy) is 1. The van der Waals surface area contributed by atoms with Gasteiger partial charge in [-0.05, 0) is 31.6 Å². The van der Waals surface area contributed by atoms with Crippen molar-refractivity contribution in [3.05, 3.63) is 0 Å². The third-order valence-electron chi connectivity index (χ3n) is 4.37. The van der Waals surface area contributed by atoms with Crippen molar-refractivity contribution in [2.24, 2.45) is 17.1 Å². The summed E-state index contributed by atoms with van der Waals surface area (Å²) in [5, 5.41) is 0. The van der Waals surface area contributed by atoms with Gasteiger partial charge in [-0.3, -0.25) is 0 Å². The van der Waals surface area contributed by atoms with Crippen LogP contribution in [0.25, 0.3) is 0 Å². The Morgan fingerprint density at radius 1 is 1.47 bits per heavy atom. The van der Waals surface area contributed by atoms with Crippen molar-refractivity contribution in [2.75, 3.05) is 6.54 Å². The summed E-state index contributed by atoms with van der Waals surface area (Å²) in [6.07, 6.45) is 8.66. The second-order valence-corrected chi connectivity index (χ2v) is 5.69. The van der Waals surface area contributed by atoms with Gasteiger partial charge in [0.25, 0.3) is 0 Å². The molecule has 2 fully saturated rings. The summed E-state index contributed by atoms with van der Waals surface area (Å²) in [5.41, 5.74) is 6.35. The van der Waals surface area contributed by atoms with E-state index in [-0.39, 0.29) is 0 Å². The first-order chi connectivity index (χ1) is 7.20. The zero-order chi connectivity index (χ0) is 10.9. The predicted octanol–water partition coefficient (Wildman–Crippen LogP) is 2.71. The van der Waals surface area contributed by atoms with E-state index in [9.17, 15) is 0 Å². The van der Waals surface area contributed by atoms with E-state index in [1.807, 2.05) is 0 Å². The SMILES string of the molecule is CCCC(C)CC1(CN)CC2CCC1O2. The molecule has 0 aromatic carbocycles. The van der Waals surface area contributed by atoms with Gasteiger partial charge in [0.2, 0.25) is 0 Å². The van der Waals surface area contributed by atoms with Crippen LogP contribution in [0.1, 0.15) is 52.4 Å². The minimum absolute atomic E-state index is 0.331. The quantitative estimate of drug-likeness (QED) is 0.759. The molecule has 2 nitrogen and oxygen atoms in total. The predicted molar refractivity (Wildman–Crippen MR) is 62.7 cm³/mol. The van der Waals surface area contributed by atoms with Gasteiger partial charge in [0.05, 0.1) is 12.2 Å². The molecule has 88 valence electrons. The van der Waals surface area contributed by atoms with Crippen LogP contribution in [0, 0.1) is 11.3 Å². The van der Waals surface area contributed by atoms with Gasteiger partial charge in [-0.2, -0.15) is 0 Å². The Kier molecular flexibility index (Phi) is 3.36. The maximum absolute atomic E-state index is 6.02. The van der Waals surface area contributed by atoms with E-state index in [1.54, 1.807) is 0 Å². The molecule has 2 saturated heterocycles. The van der Waals surface area contributed by atoms with Crippen molar-refractivity contribution >= 4 is 0 Å². The number of hydrogen-bond acceptors (Lipinski definition) is 2. The van der Waals surface area contributed by atoms with Crippen LogP contribution in [-0.2, 0) is 4.74 Å². The molecule has 15 heavy (non-hydrogen) atoms. The molecule has 2 aliphatic rings. The van der Waals surface area contributed by atoms with E-state index in [2.05, 4.69) is 13.8 Å². The minimum atomic E-state index is 0.331. The second kappa shape index (κ2) is 4.42. The molecule has 0 aromatic heterocycles. The molecule has 2 bridgehead atoms. The molecule has 2 aliphatic heterocycles. The summed E-state index contributed by atoms with van der Waals surface area (Å²) in [4.78, 5) is 0. The highest BCUT2D eigenvalue weighted by molar-refractivity contribution is 5.01. The fraction of sp³-hybridized carbons (Fsp3) is 1.00. The molecule has 0 saturated carbocycles. The van der Waals surface area contributed by atoms with E-state index >= 15 is 0 Å². The third-order valence-corrected chi connectivity index (χ3v) is 4.37. The van der Waals surface area contributed by atoms with Gasteiger partial charge in [-0.15, -0.1) is 0 Å². The molecule has 0 aromatic rings. The van der Waals surface area contributed by atoms with Crippen molar-refractivity contribution in [3.8, 4) is 0 Å². The first-order valence-corrected chi connectivity index (χ1v) is 6.55. The van der Waals surface area contributed by atoms with Crippen LogP contribution in [0.5, 0.6) is 0 Å². The summed E-state index contributed by atoms with van der Waals surface area (Å²) in [5.74, 6) is 0.807. The largest absolute Gasteiger partial charge is 0.374 e. The lowest BCUT2D eigenvalue weighted by molar-refractivity contribution is 0.0523. The highest BCUT2D eigenvalue weighted by Gasteiger charge is 2.51. The van der Waals surface area contributed by atoms with Crippen molar-refractivity contribution < 1.29 is 4.74 Å². The van der Waals surface area contributed by atoms with Crippen LogP contribution in [0.3, 0.4) is 0 Å². The molecule has 2 rings (SSSR count). The molecule has 4 atom stereocenters. The normalized spacial score (nSPS) is 41.0. The average molecular weight is 211 g/mol. The zero-order valence-electron chi connectivity index (χ0n) is 10.2. The molecule has 0 spiro atoms. The van der Waals surface area contributed by atoms with Gasteiger partial charge in [0.1, 0.15) is 0 Å². The van der Waals surface area contributed by atoms with Crippen molar-refractivity contribution in [2.45, 2.75) is 64.6 Å². The molecule has 0 radical (unpaired) electrons. The smallest absolute Gasteiger partial charge is 0.0649 e. The standard InChI is InChI=1S/C13H25NO/c1-3-4-10(2)7-13(9-14)8-11-5-6-12(13)15-11/h10-12H,3-9,14H2,1-2H3. The van der Waals surface area contributed by atoms with E-state index in [0.717, 1.165) is 12.5 Å². The summed E-state index contributed by atoms with van der Waals surface area (Å²) in [6.45, 7) is 5.46. The van der Waals surface area contributed by atoms with Crippen molar-refractivity contribution in [1.29, 1.82) is 0 Å². The number of rotatable bonds is 5. The molecule has 2 heteroatoms. The van der Waals surface area contributed by atoms with E-state index < -0.39 is 0 Å². The fourth-order valence-electron chi connectivity index (χ4n) is 3.69. The summed E-state index contributed by atoms with van der Waals surface area (Å²) >= 11 is 0. The van der Waals surface area contributed by atoms with Gasteiger partial charge in [-0.25, -0.2) is 0 Å². The van der Waals surface area contributed by atoms with Crippen LogP contribution in [0.15, 0.2) is 0 Å². The maximum atomic E-state index is 6.02. The number of fused-ring (bicyclic) bond motifs is 2. The molecular formula is C13H25NO. The van der Waals surface area contributed by atoms with Gasteiger partial charge >= 0.3 is 0 Å². The van der Waals surface area contributed by atoms with Gasteiger partial charge < -0.3 is 10.5 Å². The van der Waals surface area contributed by atoms with Gasteiger partial charge in [0.15, 0.2) is 0 Å². The van der Waals surface area contributed by atoms with E-state index in [0.29, 0.717) is 17.6 Å². The lowest BCUT2D eigenvalue weighted by Crippen LogP contribution is -2.40. The Bertz CT molecular complexity index is 219. The first-order valence-electron chi connectivity index (χ1n) is 6.55. The lowest BCUT2D eigenvalue weighted by atomic mass is 9.68. The Labute approximate surface area is 93.6 Å². The monoisotopic (exact) mass is 211 g/mol. The highest BCUT2D eigenvalue weighted by atomic mass is 16.5. The number of hydrogen-bond donors (Lipinski definition) is 1. The third kappa shape index (κ3) is 2.07. The van der Waals surface area contributed by atoms with Crippen LogP contribution < -0.4 is 5.73 Å².